The second-order valence-electron chi connectivity index (χ2n) is 7.16. The molecule has 6 nitrogen and oxygen atoms in total. The maximum Gasteiger partial charge on any atom is 0.306 e. The van der Waals surface area contributed by atoms with Crippen LogP contribution >= 0.6 is 15.9 Å². The zero-order chi connectivity index (χ0) is 18.9. The Labute approximate surface area is 155 Å². The number of benzene rings is 1. The van der Waals surface area contributed by atoms with Crippen LogP contribution in [0.3, 0.4) is 0 Å². The first-order valence-electron chi connectivity index (χ1n) is 8.14. The van der Waals surface area contributed by atoms with Crippen molar-refractivity contribution >= 4 is 33.7 Å². The van der Waals surface area contributed by atoms with Gasteiger partial charge in [0.1, 0.15) is 11.6 Å². The molecule has 0 aromatic heterocycles. The smallest absolute Gasteiger partial charge is 0.306 e. The van der Waals surface area contributed by atoms with Crippen molar-refractivity contribution in [1.29, 1.82) is 0 Å². The molecule has 1 heterocycles. The third-order valence-corrected chi connectivity index (χ3v) is 4.55. The first-order chi connectivity index (χ1) is 11.5. The molecule has 1 aromatic rings. The van der Waals surface area contributed by atoms with Crippen LogP contribution in [0.15, 0.2) is 22.7 Å². The maximum atomic E-state index is 12.7. The Balaban J connectivity index is 2.17. The van der Waals surface area contributed by atoms with E-state index in [4.69, 9.17) is 10.5 Å². The molecule has 2 atom stereocenters. The van der Waals surface area contributed by atoms with Gasteiger partial charge in [0.05, 0.1) is 6.04 Å². The molecular weight excluding hydrogens is 388 g/mol. The van der Waals surface area contributed by atoms with Crippen molar-refractivity contribution in [3.05, 3.63) is 33.8 Å². The number of nitrogens with two attached hydrogens (primary N) is 1. The Morgan fingerprint density at radius 3 is 2.56 bits per heavy atom. The standard InChI is InChI=1S/C18H23BrN2O4/c1-10-13-9-11(19)5-6-12(13)17(24)21(10)14(16(20)23)7-8-15(22)25-18(2,3)4/h5-6,9-10,14H,7-8H2,1-4H3,(H2,20,23). The van der Waals surface area contributed by atoms with Crippen LogP contribution in [0.5, 0.6) is 0 Å². The lowest BCUT2D eigenvalue weighted by molar-refractivity contribution is -0.155. The van der Waals surface area contributed by atoms with E-state index in [0.29, 0.717) is 5.56 Å². The predicted octanol–water partition coefficient (Wildman–Crippen LogP) is 2.94. The molecule has 0 aliphatic carbocycles. The molecule has 1 aromatic carbocycles. The summed E-state index contributed by atoms with van der Waals surface area (Å²) in [6.07, 6.45) is 0.150. The number of carbonyl (C=O) groups excluding carboxylic acids is 3. The highest BCUT2D eigenvalue weighted by atomic mass is 79.9. The van der Waals surface area contributed by atoms with Gasteiger partial charge in [0, 0.05) is 16.5 Å². The van der Waals surface area contributed by atoms with Crippen LogP contribution in [0.1, 0.15) is 62.5 Å². The lowest BCUT2D eigenvalue weighted by Gasteiger charge is -2.30. The van der Waals surface area contributed by atoms with Crippen molar-refractivity contribution in [3.63, 3.8) is 0 Å². The Bertz CT molecular complexity index is 712. The number of amides is 2. The zero-order valence-corrected chi connectivity index (χ0v) is 16.4. The molecule has 1 aliphatic rings. The number of carbonyl (C=O) groups is 3. The summed E-state index contributed by atoms with van der Waals surface area (Å²) in [4.78, 5) is 38.1. The Morgan fingerprint density at radius 1 is 1.36 bits per heavy atom. The molecule has 25 heavy (non-hydrogen) atoms. The van der Waals surface area contributed by atoms with Crippen LogP contribution in [-0.2, 0) is 14.3 Å². The molecular formula is C18H23BrN2O4. The summed E-state index contributed by atoms with van der Waals surface area (Å²) in [5.74, 6) is -1.29. The van der Waals surface area contributed by atoms with Gasteiger partial charge in [0.2, 0.25) is 5.91 Å². The maximum absolute atomic E-state index is 12.7. The fourth-order valence-electron chi connectivity index (χ4n) is 3.02. The van der Waals surface area contributed by atoms with Gasteiger partial charge in [-0.2, -0.15) is 0 Å². The highest BCUT2D eigenvalue weighted by Crippen LogP contribution is 2.37. The van der Waals surface area contributed by atoms with Crippen LogP contribution in [0.25, 0.3) is 0 Å². The van der Waals surface area contributed by atoms with Crippen LogP contribution in [-0.4, -0.2) is 34.3 Å². The van der Waals surface area contributed by atoms with Gasteiger partial charge >= 0.3 is 5.97 Å². The molecule has 1 aliphatic heterocycles. The third-order valence-electron chi connectivity index (χ3n) is 4.05. The van der Waals surface area contributed by atoms with Crippen molar-refractivity contribution in [1.82, 2.24) is 4.90 Å². The van der Waals surface area contributed by atoms with Crippen molar-refractivity contribution in [2.75, 3.05) is 0 Å². The third kappa shape index (κ3) is 4.39. The van der Waals surface area contributed by atoms with Gasteiger partial charge in [-0.1, -0.05) is 15.9 Å². The Kier molecular flexibility index (Phi) is 5.56. The summed E-state index contributed by atoms with van der Waals surface area (Å²) < 4.78 is 6.12. The van der Waals surface area contributed by atoms with Crippen molar-refractivity contribution in [3.8, 4) is 0 Å². The van der Waals surface area contributed by atoms with E-state index in [9.17, 15) is 14.4 Å². The molecule has 2 unspecified atom stereocenters. The van der Waals surface area contributed by atoms with E-state index >= 15 is 0 Å². The number of fused-ring (bicyclic) bond motifs is 1. The molecule has 0 bridgehead atoms. The van der Waals surface area contributed by atoms with Crippen LogP contribution in [0, 0.1) is 0 Å². The lowest BCUT2D eigenvalue weighted by Crippen LogP contribution is -2.46. The minimum Gasteiger partial charge on any atom is -0.460 e. The SMILES string of the molecule is CC1c2cc(Br)ccc2C(=O)N1C(CCC(=O)OC(C)(C)C)C(N)=O. The molecule has 2 N–H and O–H groups in total. The number of hydrogen-bond donors (Lipinski definition) is 1. The molecule has 2 rings (SSSR count). The van der Waals surface area contributed by atoms with Crippen LogP contribution < -0.4 is 5.73 Å². The predicted molar refractivity (Wildman–Crippen MR) is 96.8 cm³/mol. The van der Waals surface area contributed by atoms with Gasteiger partial charge in [-0.3, -0.25) is 14.4 Å². The quantitative estimate of drug-likeness (QED) is 0.755. The molecule has 2 amide bonds. The second-order valence-corrected chi connectivity index (χ2v) is 8.08. The average molecular weight is 411 g/mol. The number of halogens is 1. The largest absolute Gasteiger partial charge is 0.460 e. The fourth-order valence-corrected chi connectivity index (χ4v) is 3.39. The summed E-state index contributed by atoms with van der Waals surface area (Å²) >= 11 is 3.39. The van der Waals surface area contributed by atoms with Crippen molar-refractivity contribution in [2.24, 2.45) is 5.73 Å². The van der Waals surface area contributed by atoms with Gasteiger partial charge in [-0.15, -0.1) is 0 Å². The molecule has 136 valence electrons. The van der Waals surface area contributed by atoms with E-state index in [2.05, 4.69) is 15.9 Å². The minimum absolute atomic E-state index is 0.0153. The van der Waals surface area contributed by atoms with E-state index in [1.807, 2.05) is 13.0 Å². The van der Waals surface area contributed by atoms with Gasteiger partial charge in [-0.05, 0) is 57.9 Å². The summed E-state index contributed by atoms with van der Waals surface area (Å²) in [5, 5.41) is 0. The lowest BCUT2D eigenvalue weighted by atomic mass is 10.0. The number of esters is 1. The number of ether oxygens (including phenoxy) is 1. The highest BCUT2D eigenvalue weighted by molar-refractivity contribution is 9.10. The van der Waals surface area contributed by atoms with Crippen molar-refractivity contribution in [2.45, 2.75) is 58.2 Å². The van der Waals surface area contributed by atoms with Gasteiger partial charge in [0.15, 0.2) is 0 Å². The first-order valence-corrected chi connectivity index (χ1v) is 8.94. The topological polar surface area (TPSA) is 89.7 Å². The molecule has 0 fully saturated rings. The van der Waals surface area contributed by atoms with Gasteiger partial charge in [0.25, 0.3) is 5.91 Å². The summed E-state index contributed by atoms with van der Waals surface area (Å²) in [6.45, 7) is 7.17. The van der Waals surface area contributed by atoms with E-state index in [1.165, 1.54) is 4.90 Å². The van der Waals surface area contributed by atoms with Gasteiger partial charge in [-0.25, -0.2) is 0 Å². The monoisotopic (exact) mass is 410 g/mol. The molecule has 7 heteroatoms. The highest BCUT2D eigenvalue weighted by Gasteiger charge is 2.40. The summed E-state index contributed by atoms with van der Waals surface area (Å²) in [7, 11) is 0. The number of primary amides is 1. The van der Waals surface area contributed by atoms with Crippen LogP contribution in [0.4, 0.5) is 0 Å². The first kappa shape index (κ1) is 19.4. The van der Waals surface area contributed by atoms with Crippen molar-refractivity contribution < 1.29 is 19.1 Å². The second kappa shape index (κ2) is 7.15. The van der Waals surface area contributed by atoms with E-state index in [1.54, 1.807) is 32.9 Å². The zero-order valence-electron chi connectivity index (χ0n) is 14.8. The minimum atomic E-state index is -0.860. The van der Waals surface area contributed by atoms with Crippen LogP contribution in [0.2, 0.25) is 0 Å². The average Bonchev–Trinajstić information content (AvgIpc) is 2.70. The molecule has 0 spiro atoms. The molecule has 0 radical (unpaired) electrons. The normalized spacial score (nSPS) is 18.0. The number of hydrogen-bond acceptors (Lipinski definition) is 4. The Morgan fingerprint density at radius 2 is 2.00 bits per heavy atom. The number of nitrogens with zero attached hydrogens (tertiary/aromatic N) is 1. The van der Waals surface area contributed by atoms with E-state index in [0.717, 1.165) is 10.0 Å². The number of rotatable bonds is 5. The van der Waals surface area contributed by atoms with E-state index in [-0.39, 0.29) is 24.8 Å². The molecule has 0 saturated carbocycles. The fraction of sp³-hybridized carbons (Fsp3) is 0.500. The summed E-state index contributed by atoms with van der Waals surface area (Å²) in [6, 6.07) is 4.22. The summed E-state index contributed by atoms with van der Waals surface area (Å²) in [5.41, 5.74) is 6.32. The van der Waals surface area contributed by atoms with E-state index < -0.39 is 23.5 Å². The Hall–Kier alpha value is -1.89. The van der Waals surface area contributed by atoms with Gasteiger partial charge < -0.3 is 15.4 Å². The molecule has 0 saturated heterocycles.